The molecule has 1 aromatic heterocycles. The molecule has 1 aliphatic rings. The smallest absolute Gasteiger partial charge is 0.274 e. The monoisotopic (exact) mass is 356 g/mol. The number of unbranched alkanes of at least 4 members (excludes halogenated alkanes) is 2. The normalized spacial score (nSPS) is 13.6. The maximum Gasteiger partial charge on any atom is 0.274 e. The van der Waals surface area contributed by atoms with Crippen LogP contribution in [0, 0.1) is 0 Å². The molecular weight excluding hydrogens is 332 g/mol. The molecule has 26 heavy (non-hydrogen) atoms. The summed E-state index contributed by atoms with van der Waals surface area (Å²) in [6.45, 7) is 2.46. The molecular formula is C19H24N4O3. The average molecular weight is 356 g/mol. The SMILES string of the molecule is CCCCCn1nc(C(=O)NCC(=O)NC2CC2)c2ccccc2c1=O. The summed E-state index contributed by atoms with van der Waals surface area (Å²) >= 11 is 0. The van der Waals surface area contributed by atoms with Crippen molar-refractivity contribution in [2.45, 2.75) is 51.6 Å². The van der Waals surface area contributed by atoms with E-state index in [9.17, 15) is 14.4 Å². The van der Waals surface area contributed by atoms with Gasteiger partial charge in [0.2, 0.25) is 5.91 Å². The molecule has 0 unspecified atom stereocenters. The van der Waals surface area contributed by atoms with Crippen molar-refractivity contribution in [3.05, 3.63) is 40.3 Å². The molecule has 0 spiro atoms. The Kier molecular flexibility index (Phi) is 5.65. The lowest BCUT2D eigenvalue weighted by molar-refractivity contribution is -0.120. The number of aromatic nitrogens is 2. The van der Waals surface area contributed by atoms with Gasteiger partial charge in [-0.1, -0.05) is 38.0 Å². The molecule has 0 saturated heterocycles. The summed E-state index contributed by atoms with van der Waals surface area (Å²) in [4.78, 5) is 37.0. The molecule has 3 rings (SSSR count). The van der Waals surface area contributed by atoms with Crippen molar-refractivity contribution in [3.8, 4) is 0 Å². The highest BCUT2D eigenvalue weighted by Crippen LogP contribution is 2.18. The molecule has 2 N–H and O–H groups in total. The number of benzene rings is 1. The summed E-state index contributed by atoms with van der Waals surface area (Å²) in [5.41, 5.74) is -0.0179. The van der Waals surface area contributed by atoms with Crippen molar-refractivity contribution in [1.29, 1.82) is 0 Å². The zero-order valence-electron chi connectivity index (χ0n) is 15.0. The molecule has 0 bridgehead atoms. The zero-order valence-corrected chi connectivity index (χ0v) is 15.0. The third-order valence-corrected chi connectivity index (χ3v) is 4.41. The van der Waals surface area contributed by atoms with Gasteiger partial charge in [-0.3, -0.25) is 14.4 Å². The number of nitrogens with zero attached hydrogens (tertiary/aromatic N) is 2. The van der Waals surface area contributed by atoms with E-state index in [1.807, 2.05) is 0 Å². The number of hydrogen-bond acceptors (Lipinski definition) is 4. The predicted octanol–water partition coefficient (Wildman–Crippen LogP) is 1.60. The Hall–Kier alpha value is -2.70. The standard InChI is InChI=1S/C19H24N4O3/c1-2-3-6-11-23-19(26)15-8-5-4-7-14(15)17(22-23)18(25)20-12-16(24)21-13-9-10-13/h4-5,7-8,13H,2-3,6,9-12H2,1H3,(H,20,25)(H,21,24). The Bertz CT molecular complexity index is 871. The van der Waals surface area contributed by atoms with Crippen LogP contribution in [0.4, 0.5) is 0 Å². The van der Waals surface area contributed by atoms with Crippen LogP contribution in [-0.4, -0.2) is 34.2 Å². The Morgan fingerprint density at radius 2 is 1.92 bits per heavy atom. The van der Waals surface area contributed by atoms with Crippen molar-refractivity contribution in [2.75, 3.05) is 6.54 Å². The number of carbonyl (C=O) groups excluding carboxylic acids is 2. The average Bonchev–Trinajstić information content (AvgIpc) is 3.46. The predicted molar refractivity (Wildman–Crippen MR) is 99.0 cm³/mol. The van der Waals surface area contributed by atoms with Crippen LogP contribution in [-0.2, 0) is 11.3 Å². The third-order valence-electron chi connectivity index (χ3n) is 4.41. The van der Waals surface area contributed by atoms with Crippen LogP contribution in [0.1, 0.15) is 49.5 Å². The van der Waals surface area contributed by atoms with E-state index in [0.29, 0.717) is 17.3 Å². The maximum atomic E-state index is 12.6. The summed E-state index contributed by atoms with van der Waals surface area (Å²) in [6, 6.07) is 7.19. The first-order chi connectivity index (χ1) is 12.6. The summed E-state index contributed by atoms with van der Waals surface area (Å²) in [7, 11) is 0. The van der Waals surface area contributed by atoms with Gasteiger partial charge in [0, 0.05) is 18.0 Å². The van der Waals surface area contributed by atoms with E-state index < -0.39 is 5.91 Å². The summed E-state index contributed by atoms with van der Waals surface area (Å²) in [5, 5.41) is 10.7. The minimum absolute atomic E-state index is 0.0969. The zero-order chi connectivity index (χ0) is 18.5. The number of hydrogen-bond donors (Lipinski definition) is 2. The van der Waals surface area contributed by atoms with Crippen LogP contribution in [0.2, 0.25) is 0 Å². The molecule has 1 heterocycles. The Morgan fingerprint density at radius 3 is 2.62 bits per heavy atom. The van der Waals surface area contributed by atoms with E-state index in [2.05, 4.69) is 22.7 Å². The van der Waals surface area contributed by atoms with Gasteiger partial charge in [-0.05, 0) is 25.3 Å². The quantitative estimate of drug-likeness (QED) is 0.703. The second kappa shape index (κ2) is 8.12. The topological polar surface area (TPSA) is 93.1 Å². The largest absolute Gasteiger partial charge is 0.352 e. The molecule has 1 saturated carbocycles. The van der Waals surface area contributed by atoms with Crippen LogP contribution in [0.15, 0.2) is 29.1 Å². The Morgan fingerprint density at radius 1 is 1.19 bits per heavy atom. The summed E-state index contributed by atoms with van der Waals surface area (Å²) in [5.74, 6) is -0.655. The van der Waals surface area contributed by atoms with E-state index in [4.69, 9.17) is 0 Å². The van der Waals surface area contributed by atoms with Gasteiger partial charge in [0.15, 0.2) is 5.69 Å². The minimum atomic E-state index is -0.448. The molecule has 1 fully saturated rings. The lowest BCUT2D eigenvalue weighted by Gasteiger charge is -2.11. The fourth-order valence-electron chi connectivity index (χ4n) is 2.82. The number of rotatable bonds is 8. The van der Waals surface area contributed by atoms with Gasteiger partial charge in [0.1, 0.15) is 0 Å². The van der Waals surface area contributed by atoms with Gasteiger partial charge in [-0.25, -0.2) is 4.68 Å². The minimum Gasteiger partial charge on any atom is -0.352 e. The van der Waals surface area contributed by atoms with E-state index in [1.165, 1.54) is 4.68 Å². The lowest BCUT2D eigenvalue weighted by Crippen LogP contribution is -2.39. The van der Waals surface area contributed by atoms with Crippen molar-refractivity contribution in [1.82, 2.24) is 20.4 Å². The van der Waals surface area contributed by atoms with Crippen LogP contribution >= 0.6 is 0 Å². The van der Waals surface area contributed by atoms with Crippen LogP contribution < -0.4 is 16.2 Å². The third kappa shape index (κ3) is 4.28. The fraction of sp³-hybridized carbons (Fsp3) is 0.474. The van der Waals surface area contributed by atoms with Crippen LogP contribution in [0.5, 0.6) is 0 Å². The van der Waals surface area contributed by atoms with Gasteiger partial charge in [-0.15, -0.1) is 0 Å². The Balaban J connectivity index is 1.82. The first kappa shape index (κ1) is 18.1. The molecule has 138 valence electrons. The first-order valence-corrected chi connectivity index (χ1v) is 9.17. The molecule has 2 aromatic rings. The maximum absolute atomic E-state index is 12.6. The van der Waals surface area contributed by atoms with E-state index >= 15 is 0 Å². The van der Waals surface area contributed by atoms with Crippen molar-refractivity contribution < 1.29 is 9.59 Å². The van der Waals surface area contributed by atoms with Crippen LogP contribution in [0.3, 0.4) is 0 Å². The molecule has 2 amide bonds. The van der Waals surface area contributed by atoms with Gasteiger partial charge in [-0.2, -0.15) is 5.10 Å². The van der Waals surface area contributed by atoms with E-state index in [1.54, 1.807) is 24.3 Å². The van der Waals surface area contributed by atoms with E-state index in [0.717, 1.165) is 32.1 Å². The molecule has 1 aromatic carbocycles. The number of fused-ring (bicyclic) bond motifs is 1. The lowest BCUT2D eigenvalue weighted by atomic mass is 10.1. The summed E-state index contributed by atoms with van der Waals surface area (Å²) < 4.78 is 1.36. The molecule has 7 nitrogen and oxygen atoms in total. The van der Waals surface area contributed by atoms with Gasteiger partial charge in [0.05, 0.1) is 11.9 Å². The molecule has 0 radical (unpaired) electrons. The van der Waals surface area contributed by atoms with Gasteiger partial charge in [0.25, 0.3) is 11.5 Å². The van der Waals surface area contributed by atoms with Gasteiger partial charge < -0.3 is 10.6 Å². The highest BCUT2D eigenvalue weighted by molar-refractivity contribution is 6.05. The molecule has 1 aliphatic carbocycles. The molecule has 0 atom stereocenters. The number of carbonyl (C=O) groups is 2. The van der Waals surface area contributed by atoms with Crippen molar-refractivity contribution in [3.63, 3.8) is 0 Å². The second-order valence-corrected chi connectivity index (χ2v) is 6.65. The number of aryl methyl sites for hydroxylation is 1. The van der Waals surface area contributed by atoms with E-state index in [-0.39, 0.29) is 29.7 Å². The van der Waals surface area contributed by atoms with Crippen LogP contribution in [0.25, 0.3) is 10.8 Å². The second-order valence-electron chi connectivity index (χ2n) is 6.65. The Labute approximate surface area is 151 Å². The highest BCUT2D eigenvalue weighted by Gasteiger charge is 2.23. The van der Waals surface area contributed by atoms with Crippen molar-refractivity contribution in [2.24, 2.45) is 0 Å². The summed E-state index contributed by atoms with van der Waals surface area (Å²) in [6.07, 6.45) is 4.84. The molecule has 7 heteroatoms. The van der Waals surface area contributed by atoms with Gasteiger partial charge >= 0.3 is 0 Å². The molecule has 0 aliphatic heterocycles. The number of amides is 2. The highest BCUT2D eigenvalue weighted by atomic mass is 16.2. The first-order valence-electron chi connectivity index (χ1n) is 9.17. The fourth-order valence-corrected chi connectivity index (χ4v) is 2.82. The van der Waals surface area contributed by atoms with Crippen molar-refractivity contribution >= 4 is 22.6 Å². The number of nitrogens with one attached hydrogen (secondary N) is 2.